The Morgan fingerprint density at radius 2 is 2.18 bits per heavy atom. The summed E-state index contributed by atoms with van der Waals surface area (Å²) in [5.74, 6) is 5.39. The van der Waals surface area contributed by atoms with Crippen LogP contribution in [0.15, 0.2) is 42.7 Å². The van der Waals surface area contributed by atoms with Gasteiger partial charge in [-0.05, 0) is 35.6 Å². The molecule has 0 fully saturated rings. The fourth-order valence-electron chi connectivity index (χ4n) is 3.80. The Bertz CT molecular complexity index is 1310. The van der Waals surface area contributed by atoms with Crippen molar-refractivity contribution in [3.8, 4) is 11.8 Å². The summed E-state index contributed by atoms with van der Waals surface area (Å²) < 4.78 is 38.6. The van der Waals surface area contributed by atoms with E-state index in [1.54, 1.807) is 11.5 Å². The molecule has 0 aliphatic carbocycles. The molecule has 3 aromatic heterocycles. The van der Waals surface area contributed by atoms with E-state index in [0.717, 1.165) is 52.7 Å². The number of nitrogens with zero attached hydrogens (tertiary/aromatic N) is 3. The third-order valence-electron chi connectivity index (χ3n) is 5.49. The number of alkyl halides is 3. The summed E-state index contributed by atoms with van der Waals surface area (Å²) in [6.07, 6.45) is 1.75. The third-order valence-corrected chi connectivity index (χ3v) is 6.51. The minimum absolute atomic E-state index is 0. The number of rotatable bonds is 5. The molecule has 5 nitrogen and oxygen atoms in total. The van der Waals surface area contributed by atoms with Crippen LogP contribution in [-0.4, -0.2) is 34.2 Å². The van der Waals surface area contributed by atoms with E-state index >= 15 is 0 Å². The van der Waals surface area contributed by atoms with Crippen molar-refractivity contribution in [1.29, 1.82) is 0 Å². The topological polar surface area (TPSA) is 58.1 Å². The monoisotopic (exact) mass is 486 g/mol. The summed E-state index contributed by atoms with van der Waals surface area (Å²) in [6, 6.07) is 2.95. The molecule has 1 N–H and O–H groups in total. The van der Waals surface area contributed by atoms with Crippen molar-refractivity contribution in [3.05, 3.63) is 80.9 Å². The minimum atomic E-state index is -4.51. The summed E-state index contributed by atoms with van der Waals surface area (Å²) in [5.41, 5.74) is 2.67. The number of carbonyl (C=O) groups is 1. The van der Waals surface area contributed by atoms with Crippen LogP contribution in [0.1, 0.15) is 45.9 Å². The van der Waals surface area contributed by atoms with Crippen molar-refractivity contribution in [2.24, 2.45) is 0 Å². The van der Waals surface area contributed by atoms with E-state index in [2.05, 4.69) is 44.7 Å². The van der Waals surface area contributed by atoms with Gasteiger partial charge in [-0.2, -0.15) is 13.2 Å². The third kappa shape index (κ3) is 5.19. The van der Waals surface area contributed by atoms with Crippen molar-refractivity contribution in [2.45, 2.75) is 25.7 Å². The SMILES string of the molecule is C=Cc1cc(CN2CCc3c(C(=O)C#Cc4cncc(C(F)(F)F)c4)csc3C2)cnc1NC.[HH].[HH]. The number of thiophene rings is 1. The van der Waals surface area contributed by atoms with Crippen LogP contribution in [0.2, 0.25) is 0 Å². The standard InChI is InChI=1S/C25H21F3N4OS.2H2/c1-3-18-8-17(11-31-24(18)29-2)13-32-7-6-20-21(15-34-23(20)14-32)22(33)5-4-16-9-19(12-30-10-16)25(26,27)28;;/h3,8-12,15H,1,6-7,13-14H2,2H3,(H,29,31);2*1H. The molecule has 1 aliphatic rings. The van der Waals surface area contributed by atoms with E-state index in [1.807, 2.05) is 13.2 Å². The van der Waals surface area contributed by atoms with E-state index in [-0.39, 0.29) is 8.42 Å². The number of halogens is 3. The maximum absolute atomic E-state index is 12.9. The normalized spacial score (nSPS) is 13.5. The first-order valence-electron chi connectivity index (χ1n) is 10.5. The van der Waals surface area contributed by atoms with Gasteiger partial charge in [0.1, 0.15) is 5.82 Å². The second-order valence-electron chi connectivity index (χ2n) is 7.79. The van der Waals surface area contributed by atoms with Crippen molar-refractivity contribution in [1.82, 2.24) is 14.9 Å². The van der Waals surface area contributed by atoms with Gasteiger partial charge in [-0.1, -0.05) is 18.6 Å². The van der Waals surface area contributed by atoms with Gasteiger partial charge in [0.2, 0.25) is 5.78 Å². The molecule has 1 aliphatic heterocycles. The smallest absolute Gasteiger partial charge is 0.373 e. The quantitative estimate of drug-likeness (QED) is 0.380. The molecule has 4 rings (SSSR count). The van der Waals surface area contributed by atoms with Crippen LogP contribution < -0.4 is 5.32 Å². The Balaban J connectivity index is 0.00000228. The van der Waals surface area contributed by atoms with Gasteiger partial charge in [0.25, 0.3) is 0 Å². The van der Waals surface area contributed by atoms with Gasteiger partial charge in [-0.25, -0.2) is 4.98 Å². The lowest BCUT2D eigenvalue weighted by Gasteiger charge is -2.27. The minimum Gasteiger partial charge on any atom is -0.373 e. The zero-order valence-corrected chi connectivity index (χ0v) is 19.2. The Hall–Kier alpha value is -3.48. The molecule has 0 saturated carbocycles. The number of anilines is 1. The van der Waals surface area contributed by atoms with Gasteiger partial charge in [0, 0.05) is 75.1 Å². The van der Waals surface area contributed by atoms with Gasteiger partial charge in [-0.15, -0.1) is 11.3 Å². The average Bonchev–Trinajstić information content (AvgIpc) is 3.25. The molecule has 3 aromatic rings. The second kappa shape index (κ2) is 9.79. The zero-order valence-electron chi connectivity index (χ0n) is 18.4. The molecule has 0 radical (unpaired) electrons. The first-order chi connectivity index (χ1) is 16.3. The zero-order chi connectivity index (χ0) is 24.3. The lowest BCUT2D eigenvalue weighted by molar-refractivity contribution is -0.137. The molecular formula is C25H25F3N4OS. The summed E-state index contributed by atoms with van der Waals surface area (Å²) in [6.45, 7) is 6.03. The number of aromatic nitrogens is 2. The van der Waals surface area contributed by atoms with Gasteiger partial charge >= 0.3 is 6.18 Å². The molecule has 0 aromatic carbocycles. The molecule has 0 amide bonds. The molecule has 4 heterocycles. The summed E-state index contributed by atoms with van der Waals surface area (Å²) in [5, 5.41) is 4.83. The predicted molar refractivity (Wildman–Crippen MR) is 131 cm³/mol. The van der Waals surface area contributed by atoms with E-state index in [9.17, 15) is 18.0 Å². The van der Waals surface area contributed by atoms with Crippen LogP contribution in [0.5, 0.6) is 0 Å². The molecule has 0 spiro atoms. The Labute approximate surface area is 202 Å². The maximum Gasteiger partial charge on any atom is 0.417 e. The Morgan fingerprint density at radius 1 is 1.35 bits per heavy atom. The molecule has 9 heteroatoms. The van der Waals surface area contributed by atoms with Crippen molar-refractivity contribution < 1.29 is 20.8 Å². The first kappa shape index (κ1) is 23.7. The molecule has 0 atom stereocenters. The van der Waals surface area contributed by atoms with E-state index in [1.165, 1.54) is 17.5 Å². The molecule has 178 valence electrons. The number of nitrogens with one attached hydrogen (secondary N) is 1. The average molecular weight is 487 g/mol. The van der Waals surface area contributed by atoms with Crippen molar-refractivity contribution in [2.75, 3.05) is 18.9 Å². The number of Topliss-reactive ketones (excluding diaryl/α,β-unsaturated/α-hetero) is 1. The molecule has 34 heavy (non-hydrogen) atoms. The van der Waals surface area contributed by atoms with Crippen LogP contribution in [0.25, 0.3) is 6.08 Å². The lowest BCUT2D eigenvalue weighted by atomic mass is 10.0. The van der Waals surface area contributed by atoms with Gasteiger partial charge in [0.05, 0.1) is 5.56 Å². The fraction of sp³-hybridized carbons (Fsp3) is 0.240. The fourth-order valence-corrected chi connectivity index (χ4v) is 4.92. The lowest BCUT2D eigenvalue weighted by Crippen LogP contribution is -2.29. The van der Waals surface area contributed by atoms with Crippen LogP contribution in [0.4, 0.5) is 19.0 Å². The van der Waals surface area contributed by atoms with Crippen LogP contribution in [0.3, 0.4) is 0 Å². The summed E-state index contributed by atoms with van der Waals surface area (Å²) in [7, 11) is 1.82. The summed E-state index contributed by atoms with van der Waals surface area (Å²) >= 11 is 1.50. The molecular weight excluding hydrogens is 461 g/mol. The number of ketones is 1. The Kier molecular flexibility index (Phi) is 6.82. The number of pyridine rings is 2. The van der Waals surface area contributed by atoms with Gasteiger partial charge < -0.3 is 5.32 Å². The van der Waals surface area contributed by atoms with Crippen LogP contribution in [-0.2, 0) is 25.7 Å². The van der Waals surface area contributed by atoms with E-state index in [0.29, 0.717) is 18.5 Å². The highest BCUT2D eigenvalue weighted by Gasteiger charge is 2.31. The molecule has 0 bridgehead atoms. The van der Waals surface area contributed by atoms with Gasteiger partial charge in [-0.3, -0.25) is 14.7 Å². The highest BCUT2D eigenvalue weighted by atomic mass is 32.1. The number of hydrogen-bond donors (Lipinski definition) is 1. The van der Waals surface area contributed by atoms with Crippen LogP contribution >= 0.6 is 11.3 Å². The van der Waals surface area contributed by atoms with Crippen LogP contribution in [0, 0.1) is 11.8 Å². The highest BCUT2D eigenvalue weighted by molar-refractivity contribution is 7.10. The first-order valence-corrected chi connectivity index (χ1v) is 11.4. The number of carbonyl (C=O) groups excluding carboxylic acids is 1. The van der Waals surface area contributed by atoms with E-state index < -0.39 is 17.5 Å². The highest BCUT2D eigenvalue weighted by Crippen LogP contribution is 2.31. The van der Waals surface area contributed by atoms with Crippen molar-refractivity contribution in [3.63, 3.8) is 0 Å². The molecule has 0 saturated heterocycles. The number of hydrogen-bond acceptors (Lipinski definition) is 6. The number of fused-ring (bicyclic) bond motifs is 1. The molecule has 0 unspecified atom stereocenters. The predicted octanol–water partition coefficient (Wildman–Crippen LogP) is 5.53. The summed E-state index contributed by atoms with van der Waals surface area (Å²) in [4.78, 5) is 24.1. The van der Waals surface area contributed by atoms with E-state index in [4.69, 9.17) is 0 Å². The van der Waals surface area contributed by atoms with Gasteiger partial charge in [0.15, 0.2) is 0 Å². The second-order valence-corrected chi connectivity index (χ2v) is 8.75. The maximum atomic E-state index is 12.9. The van der Waals surface area contributed by atoms with Crippen molar-refractivity contribution >= 4 is 29.0 Å². The largest absolute Gasteiger partial charge is 0.417 e. The Morgan fingerprint density at radius 3 is 2.91 bits per heavy atom.